The lowest BCUT2D eigenvalue weighted by Gasteiger charge is -2.28. The van der Waals surface area contributed by atoms with Crippen LogP contribution < -0.4 is 4.90 Å². The molecule has 0 atom stereocenters. The molecule has 1 aromatic carbocycles. The van der Waals surface area contributed by atoms with Crippen molar-refractivity contribution in [2.75, 3.05) is 59.3 Å². The molecule has 0 aliphatic carbocycles. The summed E-state index contributed by atoms with van der Waals surface area (Å²) in [7, 11) is 8.44. The van der Waals surface area contributed by atoms with Crippen LogP contribution in [0.15, 0.2) is 36.8 Å². The lowest BCUT2D eigenvalue weighted by atomic mass is 10.2. The molecule has 0 saturated heterocycles. The van der Waals surface area contributed by atoms with Gasteiger partial charge in [0.2, 0.25) is 0 Å². The van der Waals surface area contributed by atoms with Crippen molar-refractivity contribution >= 4 is 16.9 Å². The summed E-state index contributed by atoms with van der Waals surface area (Å²) in [6.45, 7) is 4.05. The van der Waals surface area contributed by atoms with E-state index in [0.717, 1.165) is 43.1 Å². The van der Waals surface area contributed by atoms with Crippen LogP contribution in [0.2, 0.25) is 0 Å². The van der Waals surface area contributed by atoms with Crippen molar-refractivity contribution < 1.29 is 0 Å². The van der Waals surface area contributed by atoms with Crippen LogP contribution in [0.4, 0.5) is 5.69 Å². The molecule has 26 heavy (non-hydrogen) atoms. The lowest BCUT2D eigenvalue weighted by Crippen LogP contribution is -2.36. The first-order valence-corrected chi connectivity index (χ1v) is 8.83. The molecule has 138 valence electrons. The van der Waals surface area contributed by atoms with Crippen LogP contribution in [0.25, 0.3) is 22.6 Å². The summed E-state index contributed by atoms with van der Waals surface area (Å²) in [5, 5.41) is 0. The standard InChI is InChI=1S/C19H27N7/c1-24(2)9-11-26(12-10-25(3)4)16-7-5-15(6-8-16)18-22-17-13-20-14-21-19(17)23-18/h5-8,13-14H,9-12H2,1-4H3,(H,20,21,22,23). The minimum Gasteiger partial charge on any atom is -0.369 e. The molecule has 0 amide bonds. The molecule has 7 heteroatoms. The second kappa shape index (κ2) is 8.25. The van der Waals surface area contributed by atoms with Gasteiger partial charge in [0, 0.05) is 37.4 Å². The van der Waals surface area contributed by atoms with Gasteiger partial charge in [-0.2, -0.15) is 0 Å². The number of H-pyrrole nitrogens is 1. The molecule has 0 radical (unpaired) electrons. The van der Waals surface area contributed by atoms with Gasteiger partial charge in [0.1, 0.15) is 17.7 Å². The molecule has 0 aliphatic rings. The number of benzene rings is 1. The maximum Gasteiger partial charge on any atom is 0.181 e. The molecule has 0 bridgehead atoms. The SMILES string of the molecule is CN(C)CCN(CCN(C)C)c1ccc(-c2nc3ncncc3[nH]2)cc1. The van der Waals surface area contributed by atoms with Gasteiger partial charge in [0.05, 0.1) is 6.20 Å². The molecule has 2 aromatic heterocycles. The second-order valence-corrected chi connectivity index (χ2v) is 6.99. The Bertz CT molecular complexity index is 778. The Balaban J connectivity index is 1.78. The monoisotopic (exact) mass is 353 g/mol. The number of aromatic nitrogens is 4. The van der Waals surface area contributed by atoms with Crippen LogP contribution in [0.1, 0.15) is 0 Å². The van der Waals surface area contributed by atoms with E-state index in [0.29, 0.717) is 5.65 Å². The molecule has 0 aliphatic heterocycles. The van der Waals surface area contributed by atoms with E-state index in [-0.39, 0.29) is 0 Å². The zero-order valence-electron chi connectivity index (χ0n) is 16.0. The zero-order valence-corrected chi connectivity index (χ0v) is 16.0. The van der Waals surface area contributed by atoms with Crippen molar-refractivity contribution in [3.8, 4) is 11.4 Å². The first-order chi connectivity index (χ1) is 12.5. The van der Waals surface area contributed by atoms with Gasteiger partial charge in [-0.3, -0.25) is 0 Å². The fourth-order valence-corrected chi connectivity index (χ4v) is 2.74. The Morgan fingerprint density at radius 1 is 0.885 bits per heavy atom. The Kier molecular flexibility index (Phi) is 5.80. The summed E-state index contributed by atoms with van der Waals surface area (Å²) >= 11 is 0. The number of rotatable bonds is 8. The molecular weight excluding hydrogens is 326 g/mol. The smallest absolute Gasteiger partial charge is 0.181 e. The second-order valence-electron chi connectivity index (χ2n) is 6.99. The van der Waals surface area contributed by atoms with Crippen molar-refractivity contribution in [1.29, 1.82) is 0 Å². The maximum atomic E-state index is 4.54. The van der Waals surface area contributed by atoms with Crippen molar-refractivity contribution in [3.05, 3.63) is 36.8 Å². The molecule has 0 fully saturated rings. The average Bonchev–Trinajstić information content (AvgIpc) is 3.06. The number of hydrogen-bond acceptors (Lipinski definition) is 6. The summed E-state index contributed by atoms with van der Waals surface area (Å²) in [6.07, 6.45) is 3.26. The van der Waals surface area contributed by atoms with Crippen molar-refractivity contribution in [1.82, 2.24) is 29.7 Å². The Hall–Kier alpha value is -2.51. The summed E-state index contributed by atoms with van der Waals surface area (Å²) in [5.41, 5.74) is 3.82. The molecule has 1 N–H and O–H groups in total. The molecule has 3 aromatic rings. The third-order valence-corrected chi connectivity index (χ3v) is 4.30. The number of nitrogens with zero attached hydrogens (tertiary/aromatic N) is 6. The molecule has 3 rings (SSSR count). The number of anilines is 1. The van der Waals surface area contributed by atoms with Gasteiger partial charge in [-0.25, -0.2) is 15.0 Å². The molecule has 0 spiro atoms. The number of aromatic amines is 1. The largest absolute Gasteiger partial charge is 0.369 e. The third kappa shape index (κ3) is 4.56. The minimum absolute atomic E-state index is 0.692. The molecule has 0 saturated carbocycles. The van der Waals surface area contributed by atoms with E-state index in [1.54, 1.807) is 6.20 Å². The van der Waals surface area contributed by atoms with Crippen molar-refractivity contribution in [2.45, 2.75) is 0 Å². The van der Waals surface area contributed by atoms with E-state index < -0.39 is 0 Å². The summed E-state index contributed by atoms with van der Waals surface area (Å²) in [4.78, 5) is 22.9. The average molecular weight is 353 g/mol. The summed E-state index contributed by atoms with van der Waals surface area (Å²) in [5.74, 6) is 0.820. The Labute approximate surface area is 154 Å². The highest BCUT2D eigenvalue weighted by molar-refractivity contribution is 5.75. The maximum absolute atomic E-state index is 4.54. The Morgan fingerprint density at radius 3 is 2.12 bits per heavy atom. The fourth-order valence-electron chi connectivity index (χ4n) is 2.74. The van der Waals surface area contributed by atoms with Crippen molar-refractivity contribution in [3.63, 3.8) is 0 Å². The van der Waals surface area contributed by atoms with Crippen LogP contribution in [0.5, 0.6) is 0 Å². The predicted molar refractivity (Wildman–Crippen MR) is 106 cm³/mol. The van der Waals surface area contributed by atoms with E-state index in [9.17, 15) is 0 Å². The number of fused-ring (bicyclic) bond motifs is 1. The lowest BCUT2D eigenvalue weighted by molar-refractivity contribution is 0.391. The van der Waals surface area contributed by atoms with Gasteiger partial charge in [-0.05, 0) is 52.5 Å². The molecule has 7 nitrogen and oxygen atoms in total. The van der Waals surface area contributed by atoms with E-state index in [2.05, 4.69) is 87.1 Å². The van der Waals surface area contributed by atoms with Gasteiger partial charge >= 0.3 is 0 Å². The van der Waals surface area contributed by atoms with Crippen LogP contribution in [-0.2, 0) is 0 Å². The van der Waals surface area contributed by atoms with Gasteiger partial charge in [0.15, 0.2) is 5.65 Å². The van der Waals surface area contributed by atoms with E-state index in [4.69, 9.17) is 0 Å². The van der Waals surface area contributed by atoms with E-state index >= 15 is 0 Å². The van der Waals surface area contributed by atoms with Crippen LogP contribution in [-0.4, -0.2) is 84.1 Å². The van der Waals surface area contributed by atoms with Gasteiger partial charge in [-0.15, -0.1) is 0 Å². The number of likely N-dealkylation sites (N-methyl/N-ethyl adjacent to an activating group) is 2. The quantitative estimate of drug-likeness (QED) is 0.668. The van der Waals surface area contributed by atoms with Crippen LogP contribution in [0, 0.1) is 0 Å². The highest BCUT2D eigenvalue weighted by atomic mass is 15.2. The normalized spacial score (nSPS) is 11.6. The minimum atomic E-state index is 0.692. The van der Waals surface area contributed by atoms with Gasteiger partial charge < -0.3 is 19.7 Å². The first kappa shape index (κ1) is 18.3. The first-order valence-electron chi connectivity index (χ1n) is 8.83. The Morgan fingerprint density at radius 2 is 1.54 bits per heavy atom. The van der Waals surface area contributed by atoms with Crippen molar-refractivity contribution in [2.24, 2.45) is 0 Å². The zero-order chi connectivity index (χ0) is 18.5. The number of nitrogens with one attached hydrogen (secondary N) is 1. The molecular formula is C19H27N7. The highest BCUT2D eigenvalue weighted by Gasteiger charge is 2.10. The van der Waals surface area contributed by atoms with Crippen LogP contribution in [0.3, 0.4) is 0 Å². The predicted octanol–water partition coefficient (Wildman–Crippen LogP) is 1.95. The van der Waals surface area contributed by atoms with E-state index in [1.165, 1.54) is 12.0 Å². The summed E-state index contributed by atoms with van der Waals surface area (Å²) in [6, 6.07) is 8.55. The van der Waals surface area contributed by atoms with Gasteiger partial charge in [0.25, 0.3) is 0 Å². The fraction of sp³-hybridized carbons (Fsp3) is 0.421. The molecule has 0 unspecified atom stereocenters. The molecule has 2 heterocycles. The topological polar surface area (TPSA) is 64.2 Å². The van der Waals surface area contributed by atoms with Gasteiger partial charge in [-0.1, -0.05) is 0 Å². The number of hydrogen-bond donors (Lipinski definition) is 1. The third-order valence-electron chi connectivity index (χ3n) is 4.30. The van der Waals surface area contributed by atoms with Crippen LogP contribution >= 0.6 is 0 Å². The summed E-state index contributed by atoms with van der Waals surface area (Å²) < 4.78 is 0. The van der Waals surface area contributed by atoms with E-state index in [1.807, 2.05) is 0 Å². The highest BCUT2D eigenvalue weighted by Crippen LogP contribution is 2.22. The number of imidazole rings is 1.